The molecule has 0 fully saturated rings. The van der Waals surface area contributed by atoms with E-state index in [0.29, 0.717) is 12.2 Å². The van der Waals surface area contributed by atoms with Crippen LogP contribution in [0.5, 0.6) is 0 Å². The van der Waals surface area contributed by atoms with Crippen LogP contribution >= 0.6 is 0 Å². The lowest BCUT2D eigenvalue weighted by Crippen LogP contribution is -2.08. The van der Waals surface area contributed by atoms with E-state index in [4.69, 9.17) is 9.47 Å². The van der Waals surface area contributed by atoms with E-state index in [-0.39, 0.29) is 12.6 Å². The smallest absolute Gasteiger partial charge is 0.333 e. The Hall–Kier alpha value is -1.58. The number of carbonyl (C=O) groups is 2. The van der Waals surface area contributed by atoms with Crippen LogP contribution < -0.4 is 0 Å². The van der Waals surface area contributed by atoms with Gasteiger partial charge < -0.3 is 9.47 Å². The van der Waals surface area contributed by atoms with Crippen LogP contribution in [-0.2, 0) is 19.1 Å². The first-order chi connectivity index (χ1) is 7.61. The lowest BCUT2D eigenvalue weighted by Gasteiger charge is -2.03. The molecule has 0 radical (unpaired) electrons. The highest BCUT2D eigenvalue weighted by Crippen LogP contribution is 1.99. The lowest BCUT2D eigenvalue weighted by molar-refractivity contribution is -0.140. The summed E-state index contributed by atoms with van der Waals surface area (Å²) in [5.41, 5.74) is 0.438. The summed E-state index contributed by atoms with van der Waals surface area (Å²) >= 11 is 0. The maximum Gasteiger partial charge on any atom is 0.333 e. The first kappa shape index (κ1) is 14.4. The van der Waals surface area contributed by atoms with Crippen molar-refractivity contribution in [2.45, 2.75) is 26.7 Å². The maximum absolute atomic E-state index is 11.3. The zero-order valence-corrected chi connectivity index (χ0v) is 9.82. The molecule has 90 valence electrons. The first-order valence-corrected chi connectivity index (χ1v) is 5.24. The van der Waals surface area contributed by atoms with Gasteiger partial charge in [0.05, 0.1) is 6.61 Å². The molecule has 16 heavy (non-hydrogen) atoms. The van der Waals surface area contributed by atoms with Gasteiger partial charge in [-0.05, 0) is 19.4 Å². The summed E-state index contributed by atoms with van der Waals surface area (Å²) in [4.78, 5) is 22.0. The van der Waals surface area contributed by atoms with Gasteiger partial charge in [-0.3, -0.25) is 0 Å². The summed E-state index contributed by atoms with van der Waals surface area (Å²) in [7, 11) is 0. The Morgan fingerprint density at radius 3 is 2.56 bits per heavy atom. The molecule has 0 aromatic carbocycles. The second kappa shape index (κ2) is 8.71. The Labute approximate surface area is 95.9 Å². The second-order valence-electron chi connectivity index (χ2n) is 3.21. The van der Waals surface area contributed by atoms with E-state index in [1.165, 1.54) is 6.08 Å². The summed E-state index contributed by atoms with van der Waals surface area (Å²) < 4.78 is 9.66. The van der Waals surface area contributed by atoms with Gasteiger partial charge in [-0.2, -0.15) is 0 Å². The number of hydrogen-bond acceptors (Lipinski definition) is 4. The standard InChI is InChI=1S/C12H18O4/c1-4-6-8-16-12(14)10(3)7-9-15-11(13)5-2/h5,7H,2,4,6,8-9H2,1,3H3. The lowest BCUT2D eigenvalue weighted by atomic mass is 10.3. The SMILES string of the molecule is C=CC(=O)OCC=C(C)C(=O)OCCCC. The van der Waals surface area contributed by atoms with E-state index in [9.17, 15) is 9.59 Å². The maximum atomic E-state index is 11.3. The van der Waals surface area contributed by atoms with Crippen molar-refractivity contribution in [1.82, 2.24) is 0 Å². The molecule has 4 heteroatoms. The van der Waals surface area contributed by atoms with Crippen LogP contribution in [0.15, 0.2) is 24.3 Å². The molecule has 0 aliphatic carbocycles. The fourth-order valence-electron chi connectivity index (χ4n) is 0.814. The normalized spacial score (nSPS) is 10.8. The highest BCUT2D eigenvalue weighted by atomic mass is 16.5. The molecule has 0 unspecified atom stereocenters. The average Bonchev–Trinajstić information content (AvgIpc) is 2.28. The molecule has 0 saturated heterocycles. The summed E-state index contributed by atoms with van der Waals surface area (Å²) in [5, 5.41) is 0. The molecule has 0 saturated carbocycles. The minimum absolute atomic E-state index is 0.0551. The molecule has 0 atom stereocenters. The predicted molar refractivity (Wildman–Crippen MR) is 60.8 cm³/mol. The van der Waals surface area contributed by atoms with Crippen molar-refractivity contribution in [2.24, 2.45) is 0 Å². The van der Waals surface area contributed by atoms with Crippen LogP contribution in [0.25, 0.3) is 0 Å². The van der Waals surface area contributed by atoms with Crippen LogP contribution in [0.3, 0.4) is 0 Å². The molecule has 0 aliphatic heterocycles. The quantitative estimate of drug-likeness (QED) is 0.378. The molecule has 0 spiro atoms. The van der Waals surface area contributed by atoms with Crippen LogP contribution in [0.1, 0.15) is 26.7 Å². The van der Waals surface area contributed by atoms with Crippen molar-refractivity contribution < 1.29 is 19.1 Å². The Morgan fingerprint density at radius 1 is 1.31 bits per heavy atom. The fraction of sp³-hybridized carbons (Fsp3) is 0.500. The Morgan fingerprint density at radius 2 is 2.00 bits per heavy atom. The van der Waals surface area contributed by atoms with Crippen LogP contribution in [-0.4, -0.2) is 25.2 Å². The number of esters is 2. The highest BCUT2D eigenvalue weighted by Gasteiger charge is 2.04. The molecular weight excluding hydrogens is 208 g/mol. The molecule has 0 bridgehead atoms. The summed E-state index contributed by atoms with van der Waals surface area (Å²) in [6, 6.07) is 0. The van der Waals surface area contributed by atoms with Crippen molar-refractivity contribution in [3.8, 4) is 0 Å². The van der Waals surface area contributed by atoms with Crippen molar-refractivity contribution in [3.63, 3.8) is 0 Å². The van der Waals surface area contributed by atoms with Crippen molar-refractivity contribution in [1.29, 1.82) is 0 Å². The number of rotatable bonds is 7. The third-order valence-electron chi connectivity index (χ3n) is 1.83. The van der Waals surface area contributed by atoms with Crippen molar-refractivity contribution >= 4 is 11.9 Å². The second-order valence-corrected chi connectivity index (χ2v) is 3.21. The molecule has 0 N–H and O–H groups in total. The highest BCUT2D eigenvalue weighted by molar-refractivity contribution is 5.87. The van der Waals surface area contributed by atoms with E-state index in [1.807, 2.05) is 6.92 Å². The topological polar surface area (TPSA) is 52.6 Å². The van der Waals surface area contributed by atoms with Crippen LogP contribution in [0.4, 0.5) is 0 Å². The van der Waals surface area contributed by atoms with Gasteiger partial charge in [-0.1, -0.05) is 19.9 Å². The largest absolute Gasteiger partial charge is 0.462 e. The van der Waals surface area contributed by atoms with Gasteiger partial charge in [-0.15, -0.1) is 0 Å². The molecule has 0 heterocycles. The zero-order valence-electron chi connectivity index (χ0n) is 9.82. The van der Waals surface area contributed by atoms with E-state index in [0.717, 1.165) is 18.9 Å². The van der Waals surface area contributed by atoms with E-state index < -0.39 is 5.97 Å². The third kappa shape index (κ3) is 6.81. The van der Waals surface area contributed by atoms with Crippen LogP contribution in [0, 0.1) is 0 Å². The number of unbranched alkanes of at least 4 members (excludes halogenated alkanes) is 1. The van der Waals surface area contributed by atoms with Gasteiger partial charge in [0.25, 0.3) is 0 Å². The fourth-order valence-corrected chi connectivity index (χ4v) is 0.814. The average molecular weight is 226 g/mol. The van der Waals surface area contributed by atoms with E-state index >= 15 is 0 Å². The van der Waals surface area contributed by atoms with Crippen LogP contribution in [0.2, 0.25) is 0 Å². The van der Waals surface area contributed by atoms with Gasteiger partial charge in [0, 0.05) is 11.6 Å². The van der Waals surface area contributed by atoms with Gasteiger partial charge in [0.1, 0.15) is 6.61 Å². The molecular formula is C12H18O4. The summed E-state index contributed by atoms with van der Waals surface area (Å²) in [6.45, 7) is 7.38. The molecule has 0 rings (SSSR count). The van der Waals surface area contributed by atoms with Gasteiger partial charge in [-0.25, -0.2) is 9.59 Å². The first-order valence-electron chi connectivity index (χ1n) is 5.24. The third-order valence-corrected chi connectivity index (χ3v) is 1.83. The molecule has 0 aromatic rings. The van der Waals surface area contributed by atoms with Crippen molar-refractivity contribution in [3.05, 3.63) is 24.3 Å². The number of hydrogen-bond donors (Lipinski definition) is 0. The van der Waals surface area contributed by atoms with Gasteiger partial charge in [0.2, 0.25) is 0 Å². The number of ether oxygens (including phenoxy) is 2. The Kier molecular flexibility index (Phi) is 7.85. The van der Waals surface area contributed by atoms with Gasteiger partial charge >= 0.3 is 11.9 Å². The monoisotopic (exact) mass is 226 g/mol. The Balaban J connectivity index is 3.87. The predicted octanol–water partition coefficient (Wildman–Crippen LogP) is 2.01. The molecule has 0 aliphatic rings. The molecule has 0 amide bonds. The number of carbonyl (C=O) groups excluding carboxylic acids is 2. The van der Waals surface area contributed by atoms with E-state index in [1.54, 1.807) is 6.92 Å². The summed E-state index contributed by atoms with van der Waals surface area (Å²) in [6.07, 6.45) is 4.41. The minimum atomic E-state index is -0.511. The molecule has 4 nitrogen and oxygen atoms in total. The Bertz CT molecular complexity index is 279. The minimum Gasteiger partial charge on any atom is -0.462 e. The van der Waals surface area contributed by atoms with Crippen molar-refractivity contribution in [2.75, 3.05) is 13.2 Å². The van der Waals surface area contributed by atoms with E-state index in [2.05, 4.69) is 6.58 Å². The summed E-state index contributed by atoms with van der Waals surface area (Å²) in [5.74, 6) is -0.883. The molecule has 0 aromatic heterocycles. The zero-order chi connectivity index (χ0) is 12.4. The van der Waals surface area contributed by atoms with Gasteiger partial charge in [0.15, 0.2) is 0 Å².